The first-order valence-corrected chi connectivity index (χ1v) is 10.4. The molecule has 1 aromatic carbocycles. The molecule has 0 fully saturated rings. The molecule has 7 heteroatoms. The fourth-order valence-corrected chi connectivity index (χ4v) is 3.38. The van der Waals surface area contributed by atoms with Crippen molar-refractivity contribution < 1.29 is 13.2 Å². The average molecular weight is 375 g/mol. The number of pyridine rings is 1. The van der Waals surface area contributed by atoms with Gasteiger partial charge in [0.2, 0.25) is 15.9 Å². The number of amides is 1. The molecule has 0 aliphatic carbocycles. The van der Waals surface area contributed by atoms with E-state index in [9.17, 15) is 13.2 Å². The smallest absolute Gasteiger partial charge is 0.225 e. The SMILES string of the molecule is CC(C)c1ccccc1NC(=O)CCN(Cc1ccccn1)S(C)(=O)=O. The summed E-state index contributed by atoms with van der Waals surface area (Å²) in [7, 11) is -3.44. The summed E-state index contributed by atoms with van der Waals surface area (Å²) in [5.41, 5.74) is 2.46. The quantitative estimate of drug-likeness (QED) is 0.769. The first kappa shape index (κ1) is 20.1. The van der Waals surface area contributed by atoms with Crippen LogP contribution in [0, 0.1) is 0 Å². The monoisotopic (exact) mass is 375 g/mol. The zero-order valence-corrected chi connectivity index (χ0v) is 16.2. The maximum atomic E-state index is 12.3. The second-order valence-corrected chi connectivity index (χ2v) is 8.44. The molecule has 0 unspecified atom stereocenters. The summed E-state index contributed by atoms with van der Waals surface area (Å²) >= 11 is 0. The highest BCUT2D eigenvalue weighted by Crippen LogP contribution is 2.23. The summed E-state index contributed by atoms with van der Waals surface area (Å²) in [6.45, 7) is 4.37. The van der Waals surface area contributed by atoms with Gasteiger partial charge in [0.15, 0.2) is 0 Å². The third-order valence-corrected chi connectivity index (χ3v) is 5.23. The Labute approximate surface area is 155 Å². The highest BCUT2D eigenvalue weighted by atomic mass is 32.2. The van der Waals surface area contributed by atoms with Crippen molar-refractivity contribution in [3.05, 3.63) is 59.9 Å². The fourth-order valence-electron chi connectivity index (χ4n) is 2.59. The van der Waals surface area contributed by atoms with Crippen molar-refractivity contribution in [2.24, 2.45) is 0 Å². The Morgan fingerprint density at radius 2 is 1.85 bits per heavy atom. The van der Waals surface area contributed by atoms with Gasteiger partial charge in [0.1, 0.15) is 0 Å². The second-order valence-electron chi connectivity index (χ2n) is 6.46. The molecular formula is C19H25N3O3S. The van der Waals surface area contributed by atoms with Gasteiger partial charge in [-0.2, -0.15) is 4.31 Å². The number of anilines is 1. The summed E-state index contributed by atoms with van der Waals surface area (Å²) in [5, 5.41) is 2.89. The molecule has 1 heterocycles. The zero-order valence-electron chi connectivity index (χ0n) is 15.3. The highest BCUT2D eigenvalue weighted by Gasteiger charge is 2.19. The van der Waals surface area contributed by atoms with E-state index in [-0.39, 0.29) is 31.3 Å². The summed E-state index contributed by atoms with van der Waals surface area (Å²) in [6.07, 6.45) is 2.83. The molecule has 140 valence electrons. The van der Waals surface area contributed by atoms with Gasteiger partial charge >= 0.3 is 0 Å². The number of benzene rings is 1. The Balaban J connectivity index is 2.01. The van der Waals surface area contributed by atoms with Gasteiger partial charge in [0.25, 0.3) is 0 Å². The number of aromatic nitrogens is 1. The van der Waals surface area contributed by atoms with E-state index < -0.39 is 10.0 Å². The topological polar surface area (TPSA) is 79.4 Å². The Morgan fingerprint density at radius 3 is 2.46 bits per heavy atom. The van der Waals surface area contributed by atoms with Crippen molar-refractivity contribution in [1.82, 2.24) is 9.29 Å². The molecule has 0 spiro atoms. The molecule has 2 aromatic rings. The fraction of sp³-hybridized carbons (Fsp3) is 0.368. The van der Waals surface area contributed by atoms with Gasteiger partial charge in [-0.3, -0.25) is 9.78 Å². The molecule has 6 nitrogen and oxygen atoms in total. The molecule has 0 saturated heterocycles. The van der Waals surface area contributed by atoms with Crippen LogP contribution in [0.3, 0.4) is 0 Å². The van der Waals surface area contributed by atoms with Crippen LogP contribution in [0.5, 0.6) is 0 Å². The number of rotatable bonds is 8. The Hall–Kier alpha value is -2.25. The lowest BCUT2D eigenvalue weighted by Gasteiger charge is -2.20. The lowest BCUT2D eigenvalue weighted by molar-refractivity contribution is -0.116. The zero-order chi connectivity index (χ0) is 19.2. The average Bonchev–Trinajstić information content (AvgIpc) is 2.58. The summed E-state index contributed by atoms with van der Waals surface area (Å²) in [5.74, 6) is 0.0657. The van der Waals surface area contributed by atoms with Gasteiger partial charge in [0, 0.05) is 24.8 Å². The van der Waals surface area contributed by atoms with E-state index in [0.29, 0.717) is 5.69 Å². The minimum atomic E-state index is -3.44. The molecule has 1 amide bonds. The van der Waals surface area contributed by atoms with Crippen molar-refractivity contribution in [1.29, 1.82) is 0 Å². The van der Waals surface area contributed by atoms with Crippen molar-refractivity contribution in [3.63, 3.8) is 0 Å². The molecule has 0 radical (unpaired) electrons. The molecule has 0 aliphatic rings. The molecule has 26 heavy (non-hydrogen) atoms. The maximum absolute atomic E-state index is 12.3. The van der Waals surface area contributed by atoms with Gasteiger partial charge in [-0.25, -0.2) is 8.42 Å². The van der Waals surface area contributed by atoms with Crippen LogP contribution in [-0.2, 0) is 21.4 Å². The summed E-state index contributed by atoms with van der Waals surface area (Å²) < 4.78 is 25.3. The maximum Gasteiger partial charge on any atom is 0.225 e. The molecule has 0 atom stereocenters. The standard InChI is InChI=1S/C19H25N3O3S/c1-15(2)17-9-4-5-10-18(17)21-19(23)11-13-22(26(3,24)25)14-16-8-6-7-12-20-16/h4-10,12,15H,11,13-14H2,1-3H3,(H,21,23). The number of sulfonamides is 1. The first-order valence-electron chi connectivity index (χ1n) is 8.51. The molecular weight excluding hydrogens is 350 g/mol. The van der Waals surface area contributed by atoms with Gasteiger partial charge in [-0.1, -0.05) is 38.1 Å². The van der Waals surface area contributed by atoms with Gasteiger partial charge in [-0.05, 0) is 29.7 Å². The highest BCUT2D eigenvalue weighted by molar-refractivity contribution is 7.88. The van der Waals surface area contributed by atoms with E-state index in [4.69, 9.17) is 0 Å². The van der Waals surface area contributed by atoms with E-state index in [1.165, 1.54) is 4.31 Å². The molecule has 1 aromatic heterocycles. The lowest BCUT2D eigenvalue weighted by atomic mass is 10.0. The number of para-hydroxylation sites is 1. The van der Waals surface area contributed by atoms with Crippen LogP contribution in [-0.4, -0.2) is 36.4 Å². The first-order chi connectivity index (χ1) is 12.3. The van der Waals surface area contributed by atoms with E-state index in [0.717, 1.165) is 17.5 Å². The Kier molecular flexibility index (Phi) is 6.88. The third-order valence-electron chi connectivity index (χ3n) is 3.98. The molecule has 0 bridgehead atoms. The third kappa shape index (κ3) is 5.93. The van der Waals surface area contributed by atoms with Crippen LogP contribution in [0.2, 0.25) is 0 Å². The van der Waals surface area contributed by atoms with Crippen LogP contribution in [0.15, 0.2) is 48.7 Å². The van der Waals surface area contributed by atoms with Crippen LogP contribution < -0.4 is 5.32 Å². The summed E-state index contributed by atoms with van der Waals surface area (Å²) in [4.78, 5) is 16.5. The molecule has 0 aliphatic heterocycles. The van der Waals surface area contributed by atoms with Crippen molar-refractivity contribution in [3.8, 4) is 0 Å². The molecule has 2 rings (SSSR count). The van der Waals surface area contributed by atoms with E-state index in [1.807, 2.05) is 24.3 Å². The Bertz CT molecular complexity index is 836. The largest absolute Gasteiger partial charge is 0.326 e. The predicted octanol–water partition coefficient (Wildman–Crippen LogP) is 3.00. The van der Waals surface area contributed by atoms with Crippen molar-refractivity contribution in [2.45, 2.75) is 32.7 Å². The number of carbonyl (C=O) groups is 1. The van der Waals surface area contributed by atoms with Crippen LogP contribution in [0.25, 0.3) is 0 Å². The van der Waals surface area contributed by atoms with E-state index in [1.54, 1.807) is 24.4 Å². The van der Waals surface area contributed by atoms with Crippen LogP contribution in [0.1, 0.15) is 37.4 Å². The molecule has 1 N–H and O–H groups in total. The van der Waals surface area contributed by atoms with E-state index >= 15 is 0 Å². The molecule has 0 saturated carbocycles. The number of hydrogen-bond acceptors (Lipinski definition) is 4. The van der Waals surface area contributed by atoms with Crippen LogP contribution >= 0.6 is 0 Å². The normalized spacial score (nSPS) is 11.7. The van der Waals surface area contributed by atoms with Gasteiger partial charge < -0.3 is 5.32 Å². The van der Waals surface area contributed by atoms with Crippen molar-refractivity contribution in [2.75, 3.05) is 18.1 Å². The van der Waals surface area contributed by atoms with Gasteiger partial charge in [0.05, 0.1) is 18.5 Å². The number of hydrogen-bond donors (Lipinski definition) is 1. The number of nitrogens with zero attached hydrogens (tertiary/aromatic N) is 2. The predicted molar refractivity (Wildman–Crippen MR) is 103 cm³/mol. The Morgan fingerprint density at radius 1 is 1.15 bits per heavy atom. The minimum Gasteiger partial charge on any atom is -0.326 e. The van der Waals surface area contributed by atoms with Crippen molar-refractivity contribution >= 4 is 21.6 Å². The summed E-state index contributed by atoms with van der Waals surface area (Å²) in [6, 6.07) is 13.0. The van der Waals surface area contributed by atoms with Crippen LogP contribution in [0.4, 0.5) is 5.69 Å². The number of carbonyl (C=O) groups excluding carboxylic acids is 1. The van der Waals surface area contributed by atoms with Gasteiger partial charge in [-0.15, -0.1) is 0 Å². The minimum absolute atomic E-state index is 0.0757. The number of nitrogens with one attached hydrogen (secondary N) is 1. The second kappa shape index (κ2) is 8.91. The lowest BCUT2D eigenvalue weighted by Crippen LogP contribution is -2.33. The van der Waals surface area contributed by atoms with E-state index in [2.05, 4.69) is 24.1 Å².